The standard InChI is InChI=1S/C14H15N3O/c1-3-14-11(9-15)10-16-17(14)12-5-7-13(8-6-12)18-4-2/h5-8,10H,3-4H2,1-2H3. The molecule has 0 aliphatic carbocycles. The van der Waals surface area contributed by atoms with Crippen LogP contribution >= 0.6 is 0 Å². The van der Waals surface area contributed by atoms with Crippen molar-refractivity contribution in [3.05, 3.63) is 41.7 Å². The van der Waals surface area contributed by atoms with Crippen LogP contribution in [0.1, 0.15) is 25.1 Å². The van der Waals surface area contributed by atoms with Crippen LogP contribution in [0.3, 0.4) is 0 Å². The number of hydrogen-bond acceptors (Lipinski definition) is 3. The van der Waals surface area contributed by atoms with E-state index in [4.69, 9.17) is 10.00 Å². The lowest BCUT2D eigenvalue weighted by Gasteiger charge is -2.07. The van der Waals surface area contributed by atoms with Crippen molar-refractivity contribution >= 4 is 0 Å². The Kier molecular flexibility index (Phi) is 3.63. The predicted molar refractivity (Wildman–Crippen MR) is 68.8 cm³/mol. The molecule has 1 aromatic heterocycles. The summed E-state index contributed by atoms with van der Waals surface area (Å²) in [7, 11) is 0. The molecular weight excluding hydrogens is 226 g/mol. The van der Waals surface area contributed by atoms with E-state index in [1.165, 1.54) is 0 Å². The lowest BCUT2D eigenvalue weighted by molar-refractivity contribution is 0.340. The molecule has 2 rings (SSSR count). The van der Waals surface area contributed by atoms with Crippen LogP contribution in [0.2, 0.25) is 0 Å². The first-order valence-corrected chi connectivity index (χ1v) is 6.00. The van der Waals surface area contributed by atoms with Crippen molar-refractivity contribution in [2.75, 3.05) is 6.61 Å². The fourth-order valence-electron chi connectivity index (χ4n) is 1.88. The van der Waals surface area contributed by atoms with E-state index in [-0.39, 0.29) is 0 Å². The van der Waals surface area contributed by atoms with E-state index in [9.17, 15) is 0 Å². The molecule has 0 spiro atoms. The zero-order valence-electron chi connectivity index (χ0n) is 10.6. The van der Waals surface area contributed by atoms with Gasteiger partial charge in [-0.25, -0.2) is 4.68 Å². The third-order valence-corrected chi connectivity index (χ3v) is 2.72. The highest BCUT2D eigenvalue weighted by molar-refractivity contribution is 5.42. The van der Waals surface area contributed by atoms with Gasteiger partial charge in [0.25, 0.3) is 0 Å². The van der Waals surface area contributed by atoms with E-state index >= 15 is 0 Å². The Morgan fingerprint density at radius 2 is 2.00 bits per heavy atom. The molecule has 0 saturated heterocycles. The van der Waals surface area contributed by atoms with Crippen LogP contribution in [0.4, 0.5) is 0 Å². The van der Waals surface area contributed by atoms with Crippen molar-refractivity contribution in [3.8, 4) is 17.5 Å². The lowest BCUT2D eigenvalue weighted by atomic mass is 10.2. The number of nitrogens with zero attached hydrogens (tertiary/aromatic N) is 3. The molecule has 0 N–H and O–H groups in total. The summed E-state index contributed by atoms with van der Waals surface area (Å²) >= 11 is 0. The Bertz CT molecular complexity index is 564. The maximum atomic E-state index is 9.00. The van der Waals surface area contributed by atoms with Gasteiger partial charge >= 0.3 is 0 Å². The van der Waals surface area contributed by atoms with Gasteiger partial charge in [-0.1, -0.05) is 6.92 Å². The summed E-state index contributed by atoms with van der Waals surface area (Å²) in [6.07, 6.45) is 2.38. The minimum absolute atomic E-state index is 0.631. The average molecular weight is 241 g/mol. The quantitative estimate of drug-likeness (QED) is 0.827. The molecule has 0 radical (unpaired) electrons. The molecule has 4 heteroatoms. The molecule has 0 bridgehead atoms. The minimum atomic E-state index is 0.631. The van der Waals surface area contributed by atoms with Crippen molar-refractivity contribution < 1.29 is 4.74 Å². The number of hydrogen-bond donors (Lipinski definition) is 0. The molecule has 0 atom stereocenters. The number of rotatable bonds is 4. The highest BCUT2D eigenvalue weighted by atomic mass is 16.5. The molecule has 0 fully saturated rings. The topological polar surface area (TPSA) is 50.8 Å². The monoisotopic (exact) mass is 241 g/mol. The van der Waals surface area contributed by atoms with Crippen LogP contribution in [-0.4, -0.2) is 16.4 Å². The number of benzene rings is 1. The van der Waals surface area contributed by atoms with E-state index in [0.29, 0.717) is 12.2 Å². The first kappa shape index (κ1) is 12.2. The fraction of sp³-hybridized carbons (Fsp3) is 0.286. The highest BCUT2D eigenvalue weighted by Crippen LogP contribution is 2.18. The van der Waals surface area contributed by atoms with Crippen LogP contribution in [-0.2, 0) is 6.42 Å². The molecule has 18 heavy (non-hydrogen) atoms. The van der Waals surface area contributed by atoms with Crippen LogP contribution in [0.15, 0.2) is 30.5 Å². The third kappa shape index (κ3) is 2.21. The molecule has 92 valence electrons. The van der Waals surface area contributed by atoms with Gasteiger partial charge in [-0.05, 0) is 37.6 Å². The minimum Gasteiger partial charge on any atom is -0.494 e. The molecule has 0 unspecified atom stereocenters. The lowest BCUT2D eigenvalue weighted by Crippen LogP contribution is -2.02. The first-order valence-electron chi connectivity index (χ1n) is 6.00. The second-order valence-corrected chi connectivity index (χ2v) is 3.81. The zero-order valence-corrected chi connectivity index (χ0v) is 10.6. The van der Waals surface area contributed by atoms with Crippen molar-refractivity contribution in [1.29, 1.82) is 5.26 Å². The van der Waals surface area contributed by atoms with Crippen LogP contribution in [0.25, 0.3) is 5.69 Å². The van der Waals surface area contributed by atoms with E-state index in [1.807, 2.05) is 38.1 Å². The molecule has 0 aliphatic rings. The Balaban J connectivity index is 2.37. The van der Waals surface area contributed by atoms with E-state index < -0.39 is 0 Å². The molecule has 1 heterocycles. The van der Waals surface area contributed by atoms with Gasteiger partial charge < -0.3 is 4.74 Å². The number of ether oxygens (including phenoxy) is 1. The van der Waals surface area contributed by atoms with Crippen LogP contribution in [0.5, 0.6) is 5.75 Å². The highest BCUT2D eigenvalue weighted by Gasteiger charge is 2.09. The van der Waals surface area contributed by atoms with Crippen molar-refractivity contribution in [2.45, 2.75) is 20.3 Å². The molecular formula is C14H15N3O. The number of nitriles is 1. The summed E-state index contributed by atoms with van der Waals surface area (Å²) < 4.78 is 7.20. The van der Waals surface area contributed by atoms with Crippen molar-refractivity contribution in [2.24, 2.45) is 0 Å². The van der Waals surface area contributed by atoms with Gasteiger partial charge in [-0.3, -0.25) is 0 Å². The maximum absolute atomic E-state index is 9.00. The van der Waals surface area contributed by atoms with E-state index in [0.717, 1.165) is 23.6 Å². The van der Waals surface area contributed by atoms with Crippen molar-refractivity contribution in [3.63, 3.8) is 0 Å². The van der Waals surface area contributed by atoms with Gasteiger partial charge in [-0.15, -0.1) is 0 Å². The molecule has 0 saturated carbocycles. The predicted octanol–water partition coefficient (Wildman–Crippen LogP) is 2.71. The van der Waals surface area contributed by atoms with Crippen molar-refractivity contribution in [1.82, 2.24) is 9.78 Å². The smallest absolute Gasteiger partial charge is 0.119 e. The second-order valence-electron chi connectivity index (χ2n) is 3.81. The summed E-state index contributed by atoms with van der Waals surface area (Å²) in [6, 6.07) is 9.86. The summed E-state index contributed by atoms with van der Waals surface area (Å²) in [5.74, 6) is 0.840. The third-order valence-electron chi connectivity index (χ3n) is 2.72. The van der Waals surface area contributed by atoms with Crippen LogP contribution < -0.4 is 4.74 Å². The molecule has 2 aromatic rings. The second kappa shape index (κ2) is 5.37. The summed E-state index contributed by atoms with van der Waals surface area (Å²) in [6.45, 7) is 4.62. The summed E-state index contributed by atoms with van der Waals surface area (Å²) in [4.78, 5) is 0. The van der Waals surface area contributed by atoms with Gasteiger partial charge in [0.15, 0.2) is 0 Å². The maximum Gasteiger partial charge on any atom is 0.119 e. The number of aromatic nitrogens is 2. The molecule has 4 nitrogen and oxygen atoms in total. The largest absolute Gasteiger partial charge is 0.494 e. The first-order chi connectivity index (χ1) is 8.80. The van der Waals surface area contributed by atoms with Gasteiger partial charge in [-0.2, -0.15) is 10.4 Å². The Morgan fingerprint density at radius 3 is 2.56 bits per heavy atom. The Labute approximate surface area is 106 Å². The van der Waals surface area contributed by atoms with Gasteiger partial charge in [0.05, 0.1) is 29.7 Å². The normalized spacial score (nSPS) is 10.1. The van der Waals surface area contributed by atoms with Gasteiger partial charge in [0, 0.05) is 0 Å². The van der Waals surface area contributed by atoms with Gasteiger partial charge in [0.2, 0.25) is 0 Å². The zero-order chi connectivity index (χ0) is 13.0. The summed E-state index contributed by atoms with van der Waals surface area (Å²) in [5.41, 5.74) is 2.50. The van der Waals surface area contributed by atoms with Gasteiger partial charge in [0.1, 0.15) is 11.8 Å². The fourth-order valence-corrected chi connectivity index (χ4v) is 1.88. The summed E-state index contributed by atoms with van der Waals surface area (Å²) in [5, 5.41) is 13.3. The van der Waals surface area contributed by atoms with Crippen LogP contribution in [0, 0.1) is 11.3 Å². The Morgan fingerprint density at radius 1 is 1.28 bits per heavy atom. The molecule has 0 amide bonds. The average Bonchev–Trinajstić information content (AvgIpc) is 2.82. The molecule has 0 aliphatic heterocycles. The Hall–Kier alpha value is -2.28. The molecule has 1 aromatic carbocycles. The van der Waals surface area contributed by atoms with E-state index in [2.05, 4.69) is 11.2 Å². The SMILES string of the molecule is CCOc1ccc(-n2ncc(C#N)c2CC)cc1. The van der Waals surface area contributed by atoms with E-state index in [1.54, 1.807) is 10.9 Å².